The molecule has 0 saturated carbocycles. The zero-order valence-electron chi connectivity index (χ0n) is 30.3. The zero-order chi connectivity index (χ0) is 40.3. The summed E-state index contributed by atoms with van der Waals surface area (Å²) in [5.74, 6) is -5.38. The number of hydrogen-bond acceptors (Lipinski definition) is 15. The molecule has 20 nitrogen and oxygen atoms in total. The molecule has 0 saturated heterocycles. The average Bonchev–Trinajstić information content (AvgIpc) is 3.04. The zero-order valence-corrected chi connectivity index (χ0v) is 31.9. The molecule has 22 heteroatoms. The van der Waals surface area contributed by atoms with Crippen molar-refractivity contribution < 1.29 is 63.6 Å². The maximum absolute atomic E-state index is 12.5. The fraction of sp³-hybridized carbons (Fsp3) is 0.710. The van der Waals surface area contributed by atoms with Crippen LogP contribution in [-0.2, 0) is 43.2 Å². The number of carboxylic acid groups (broad SMARTS) is 4. The summed E-state index contributed by atoms with van der Waals surface area (Å²) in [6, 6.07) is -1.70. The van der Waals surface area contributed by atoms with Crippen molar-refractivity contribution in [3.63, 3.8) is 0 Å². The van der Waals surface area contributed by atoms with Gasteiger partial charge in [-0.15, -0.1) is 0 Å². The third-order valence-corrected chi connectivity index (χ3v) is 9.64. The molecule has 0 aliphatic carbocycles. The van der Waals surface area contributed by atoms with E-state index in [0.717, 1.165) is 0 Å². The summed E-state index contributed by atoms with van der Waals surface area (Å²) in [6.45, 7) is 1.78. The molecule has 3 amide bonds. The van der Waals surface area contributed by atoms with Crippen molar-refractivity contribution >= 4 is 74.8 Å². The van der Waals surface area contributed by atoms with Crippen molar-refractivity contribution in [3.8, 4) is 0 Å². The highest BCUT2D eigenvalue weighted by Crippen LogP contribution is 2.19. The second-order valence-corrected chi connectivity index (χ2v) is 14.6. The molecule has 0 aromatic carbocycles. The SMILES string of the molecule is CNC(CCC(=O)O)C(=O)NC(CCC(=O)NCCSSCCNC(=O)CN(CCN(CCN(CC(C)=O)CC(=O)O)CC(=O)O)CC(=O)O)C(C)=O. The minimum Gasteiger partial charge on any atom is -0.481 e. The molecule has 2 unspecified atom stereocenters. The molecule has 0 spiro atoms. The maximum atomic E-state index is 12.5. The first-order chi connectivity index (χ1) is 24.9. The second-order valence-electron chi connectivity index (χ2n) is 11.9. The Hall–Kier alpha value is -3.83. The van der Waals surface area contributed by atoms with Crippen LogP contribution in [0.4, 0.5) is 0 Å². The molecule has 53 heavy (non-hydrogen) atoms. The van der Waals surface area contributed by atoms with Gasteiger partial charge in [0.2, 0.25) is 17.7 Å². The highest BCUT2D eigenvalue weighted by molar-refractivity contribution is 8.76. The third kappa shape index (κ3) is 27.4. The molecule has 0 aromatic rings. The Morgan fingerprint density at radius 1 is 0.566 bits per heavy atom. The molecule has 0 bridgehead atoms. The van der Waals surface area contributed by atoms with Gasteiger partial charge in [0, 0.05) is 63.6 Å². The number of nitrogens with zero attached hydrogens (tertiary/aromatic N) is 3. The standard InChI is InChI=1S/C31H53N7O13S2/c1-21(39)16-37(19-29(47)48)12-10-36(18-28(45)46)11-13-38(20-30(49)50)17-26(42)34-9-15-53-52-14-8-33-25(41)6-4-23(22(2)40)35-31(51)24(32-3)5-7-27(43)44/h23-24,32H,4-20H2,1-3H3,(H,33,41)(H,34,42)(H,35,51)(H,43,44)(H,45,46)(H,47,48)(H,49,50). The van der Waals surface area contributed by atoms with E-state index in [0.29, 0.717) is 18.1 Å². The fourth-order valence-electron chi connectivity index (χ4n) is 4.68. The molecule has 0 heterocycles. The van der Waals surface area contributed by atoms with E-state index in [1.807, 2.05) is 0 Å². The monoisotopic (exact) mass is 795 g/mol. The third-order valence-electron chi connectivity index (χ3n) is 7.23. The van der Waals surface area contributed by atoms with E-state index in [2.05, 4.69) is 21.3 Å². The summed E-state index contributed by atoms with van der Waals surface area (Å²) < 4.78 is 0. The molecular weight excluding hydrogens is 743 g/mol. The van der Waals surface area contributed by atoms with Crippen LogP contribution in [0.1, 0.15) is 39.5 Å². The lowest BCUT2D eigenvalue weighted by atomic mass is 10.1. The summed E-state index contributed by atoms with van der Waals surface area (Å²) in [7, 11) is 4.38. The number of rotatable bonds is 33. The summed E-state index contributed by atoms with van der Waals surface area (Å²) in [4.78, 5) is 110. The van der Waals surface area contributed by atoms with Crippen LogP contribution in [-0.4, -0.2) is 191 Å². The number of carbonyl (C=O) groups is 9. The van der Waals surface area contributed by atoms with E-state index in [-0.39, 0.29) is 89.0 Å². The van der Waals surface area contributed by atoms with Crippen LogP contribution < -0.4 is 21.3 Å². The first-order valence-corrected chi connectivity index (χ1v) is 19.2. The number of amides is 3. The summed E-state index contributed by atoms with van der Waals surface area (Å²) in [6.07, 6.45) is -0.130. The lowest BCUT2D eigenvalue weighted by Gasteiger charge is -2.27. The van der Waals surface area contributed by atoms with Gasteiger partial charge in [-0.1, -0.05) is 21.6 Å². The largest absolute Gasteiger partial charge is 0.481 e. The molecule has 0 rings (SSSR count). The van der Waals surface area contributed by atoms with Crippen molar-refractivity contribution in [1.82, 2.24) is 36.0 Å². The number of carboxylic acids is 4. The Kier molecular flexibility index (Phi) is 26.6. The Bertz CT molecular complexity index is 1230. The van der Waals surface area contributed by atoms with Gasteiger partial charge in [-0.2, -0.15) is 0 Å². The molecule has 0 aromatic heterocycles. The molecule has 8 N–H and O–H groups in total. The summed E-state index contributed by atoms with van der Waals surface area (Å²) in [5, 5.41) is 47.3. The van der Waals surface area contributed by atoms with Crippen molar-refractivity contribution in [3.05, 3.63) is 0 Å². The Labute approximate surface area is 315 Å². The number of likely N-dealkylation sites (N-methyl/N-ethyl adjacent to an activating group) is 1. The van der Waals surface area contributed by atoms with E-state index in [1.165, 1.54) is 57.2 Å². The summed E-state index contributed by atoms with van der Waals surface area (Å²) >= 11 is 0. The van der Waals surface area contributed by atoms with E-state index < -0.39 is 67.4 Å². The van der Waals surface area contributed by atoms with Gasteiger partial charge in [0.15, 0.2) is 5.78 Å². The molecule has 2 atom stereocenters. The lowest BCUT2D eigenvalue weighted by molar-refractivity contribution is -0.141. The highest BCUT2D eigenvalue weighted by Gasteiger charge is 2.24. The quantitative estimate of drug-likeness (QED) is 0.0255. The van der Waals surface area contributed by atoms with Crippen molar-refractivity contribution in [2.75, 3.05) is 90.5 Å². The van der Waals surface area contributed by atoms with Gasteiger partial charge in [0.05, 0.1) is 44.8 Å². The van der Waals surface area contributed by atoms with Gasteiger partial charge in [-0.3, -0.25) is 57.9 Å². The van der Waals surface area contributed by atoms with E-state index in [9.17, 15) is 53.4 Å². The van der Waals surface area contributed by atoms with Crippen molar-refractivity contribution in [2.45, 2.75) is 51.6 Å². The normalized spacial score (nSPS) is 12.3. The molecule has 0 aliphatic heterocycles. The van der Waals surface area contributed by atoms with Gasteiger partial charge >= 0.3 is 23.9 Å². The highest BCUT2D eigenvalue weighted by atomic mass is 33.1. The first kappa shape index (κ1) is 49.2. The van der Waals surface area contributed by atoms with Gasteiger partial charge in [0.1, 0.15) is 5.78 Å². The smallest absolute Gasteiger partial charge is 0.317 e. The topological polar surface area (TPSA) is 292 Å². The van der Waals surface area contributed by atoms with E-state index in [4.69, 9.17) is 10.2 Å². The number of nitrogens with one attached hydrogen (secondary N) is 4. The van der Waals surface area contributed by atoms with Crippen molar-refractivity contribution in [1.29, 1.82) is 0 Å². The predicted octanol–water partition coefficient (Wildman–Crippen LogP) is -2.34. The van der Waals surface area contributed by atoms with Crippen LogP contribution >= 0.6 is 21.6 Å². The number of hydrogen-bond donors (Lipinski definition) is 8. The number of aliphatic carboxylic acids is 4. The Morgan fingerprint density at radius 3 is 1.47 bits per heavy atom. The number of Topliss-reactive ketones (excluding diaryl/α,β-unsaturated/α-hetero) is 2. The Morgan fingerprint density at radius 2 is 1.02 bits per heavy atom. The van der Waals surface area contributed by atoms with Crippen LogP contribution in [0.2, 0.25) is 0 Å². The number of carbonyl (C=O) groups excluding carboxylic acids is 5. The molecule has 302 valence electrons. The molecule has 0 fully saturated rings. The first-order valence-electron chi connectivity index (χ1n) is 16.7. The molecule has 0 radical (unpaired) electrons. The van der Waals surface area contributed by atoms with E-state index >= 15 is 0 Å². The van der Waals surface area contributed by atoms with Crippen LogP contribution in [0.5, 0.6) is 0 Å². The van der Waals surface area contributed by atoms with Crippen LogP contribution in [0, 0.1) is 0 Å². The lowest BCUT2D eigenvalue weighted by Crippen LogP contribution is -2.49. The van der Waals surface area contributed by atoms with Gasteiger partial charge in [0.25, 0.3) is 0 Å². The minimum absolute atomic E-state index is 0.0171. The second kappa shape index (κ2) is 28.6. The van der Waals surface area contributed by atoms with E-state index in [1.54, 1.807) is 0 Å². The van der Waals surface area contributed by atoms with Crippen LogP contribution in [0.25, 0.3) is 0 Å². The molecule has 0 aliphatic rings. The van der Waals surface area contributed by atoms with Crippen molar-refractivity contribution in [2.24, 2.45) is 0 Å². The van der Waals surface area contributed by atoms with Crippen LogP contribution in [0.15, 0.2) is 0 Å². The van der Waals surface area contributed by atoms with Crippen LogP contribution in [0.3, 0.4) is 0 Å². The predicted molar refractivity (Wildman–Crippen MR) is 195 cm³/mol. The van der Waals surface area contributed by atoms with Gasteiger partial charge in [-0.25, -0.2) is 0 Å². The minimum atomic E-state index is -1.19. The molecular formula is C31H53N7O13S2. The maximum Gasteiger partial charge on any atom is 0.317 e. The van der Waals surface area contributed by atoms with Gasteiger partial charge in [-0.05, 0) is 33.7 Å². The summed E-state index contributed by atoms with van der Waals surface area (Å²) in [5.41, 5.74) is 0. The van der Waals surface area contributed by atoms with Gasteiger partial charge < -0.3 is 41.7 Å². The average molecular weight is 796 g/mol. The Balaban J connectivity index is 4.57. The fourth-order valence-corrected chi connectivity index (χ4v) is 6.49. The number of ketones is 2.